The number of anilines is 1. The van der Waals surface area contributed by atoms with E-state index in [-0.39, 0.29) is 11.9 Å². The Morgan fingerprint density at radius 2 is 1.96 bits per heavy atom. The summed E-state index contributed by atoms with van der Waals surface area (Å²) in [5.41, 5.74) is 1.26. The summed E-state index contributed by atoms with van der Waals surface area (Å²) in [6, 6.07) is 7.43. The lowest BCUT2D eigenvalue weighted by Crippen LogP contribution is -2.49. The summed E-state index contributed by atoms with van der Waals surface area (Å²) in [6.07, 6.45) is 1.03. The summed E-state index contributed by atoms with van der Waals surface area (Å²) in [7, 11) is 3.37. The Balaban J connectivity index is 1.62. The first-order chi connectivity index (χ1) is 12.0. The molecule has 0 bridgehead atoms. The SMILES string of the molecule is CN(C)C(=O)Nc1cccc(C(=O)N2CCC(N3CCNCC3)C2)c1. The molecular weight excluding hydrogens is 318 g/mol. The highest BCUT2D eigenvalue weighted by atomic mass is 16.2. The molecule has 2 saturated heterocycles. The van der Waals surface area contributed by atoms with Crippen LogP contribution in [0.25, 0.3) is 0 Å². The van der Waals surface area contributed by atoms with E-state index in [0.29, 0.717) is 17.3 Å². The molecule has 3 rings (SSSR count). The molecular formula is C18H27N5O2. The van der Waals surface area contributed by atoms with Crippen LogP contribution in [-0.4, -0.2) is 86.0 Å². The van der Waals surface area contributed by atoms with Gasteiger partial charge in [-0.3, -0.25) is 9.69 Å². The number of nitrogens with zero attached hydrogens (tertiary/aromatic N) is 3. The van der Waals surface area contributed by atoms with Gasteiger partial charge in [0.2, 0.25) is 0 Å². The van der Waals surface area contributed by atoms with Gasteiger partial charge >= 0.3 is 6.03 Å². The molecule has 0 aliphatic carbocycles. The Morgan fingerprint density at radius 3 is 2.68 bits per heavy atom. The van der Waals surface area contributed by atoms with E-state index in [0.717, 1.165) is 45.7 Å². The van der Waals surface area contributed by atoms with E-state index in [2.05, 4.69) is 15.5 Å². The first kappa shape index (κ1) is 17.7. The molecule has 1 atom stereocenters. The Kier molecular flexibility index (Phi) is 5.55. The Labute approximate surface area is 149 Å². The average molecular weight is 345 g/mol. The van der Waals surface area contributed by atoms with Gasteiger partial charge in [-0.1, -0.05) is 6.07 Å². The monoisotopic (exact) mass is 345 g/mol. The van der Waals surface area contributed by atoms with Gasteiger partial charge in [0, 0.05) is 70.7 Å². The number of hydrogen-bond acceptors (Lipinski definition) is 4. The van der Waals surface area contributed by atoms with Crippen molar-refractivity contribution in [3.05, 3.63) is 29.8 Å². The highest BCUT2D eigenvalue weighted by molar-refractivity contribution is 5.97. The second-order valence-corrected chi connectivity index (χ2v) is 6.89. The minimum Gasteiger partial charge on any atom is -0.337 e. The zero-order chi connectivity index (χ0) is 17.8. The molecule has 1 aromatic carbocycles. The molecule has 0 saturated carbocycles. The van der Waals surface area contributed by atoms with E-state index in [1.54, 1.807) is 26.2 Å². The van der Waals surface area contributed by atoms with Gasteiger partial charge in [-0.05, 0) is 24.6 Å². The lowest BCUT2D eigenvalue weighted by Gasteiger charge is -2.32. The Hall–Kier alpha value is -2.12. The predicted molar refractivity (Wildman–Crippen MR) is 97.9 cm³/mol. The van der Waals surface area contributed by atoms with Gasteiger partial charge in [0.1, 0.15) is 0 Å². The maximum absolute atomic E-state index is 12.8. The molecule has 0 spiro atoms. The van der Waals surface area contributed by atoms with Crippen molar-refractivity contribution < 1.29 is 9.59 Å². The Morgan fingerprint density at radius 1 is 1.20 bits per heavy atom. The van der Waals surface area contributed by atoms with Crippen LogP contribution in [-0.2, 0) is 0 Å². The fourth-order valence-electron chi connectivity index (χ4n) is 3.42. The zero-order valence-electron chi connectivity index (χ0n) is 15.0. The van der Waals surface area contributed by atoms with Crippen molar-refractivity contribution in [3.8, 4) is 0 Å². The summed E-state index contributed by atoms with van der Waals surface area (Å²) in [5, 5.41) is 6.16. The van der Waals surface area contributed by atoms with E-state index in [4.69, 9.17) is 0 Å². The van der Waals surface area contributed by atoms with Crippen LogP contribution in [0.15, 0.2) is 24.3 Å². The largest absolute Gasteiger partial charge is 0.337 e. The van der Waals surface area contributed by atoms with Crippen LogP contribution in [0.5, 0.6) is 0 Å². The van der Waals surface area contributed by atoms with Gasteiger partial charge in [0.25, 0.3) is 5.91 Å². The fourth-order valence-corrected chi connectivity index (χ4v) is 3.42. The van der Waals surface area contributed by atoms with Crippen molar-refractivity contribution >= 4 is 17.6 Å². The second kappa shape index (κ2) is 7.84. The van der Waals surface area contributed by atoms with Crippen molar-refractivity contribution in [2.24, 2.45) is 0 Å². The van der Waals surface area contributed by atoms with E-state index in [1.165, 1.54) is 4.90 Å². The van der Waals surface area contributed by atoms with E-state index in [1.807, 2.05) is 17.0 Å². The highest BCUT2D eigenvalue weighted by Gasteiger charge is 2.31. The molecule has 136 valence electrons. The quantitative estimate of drug-likeness (QED) is 0.854. The molecule has 2 aliphatic rings. The maximum Gasteiger partial charge on any atom is 0.321 e. The number of carbonyl (C=O) groups is 2. The van der Waals surface area contributed by atoms with Crippen molar-refractivity contribution in [2.75, 3.05) is 58.7 Å². The molecule has 0 radical (unpaired) electrons. The van der Waals surface area contributed by atoms with Crippen LogP contribution in [0, 0.1) is 0 Å². The first-order valence-electron chi connectivity index (χ1n) is 8.87. The van der Waals surface area contributed by atoms with E-state index in [9.17, 15) is 9.59 Å². The summed E-state index contributed by atoms with van der Waals surface area (Å²) in [5.74, 6) is 0.0404. The third kappa shape index (κ3) is 4.29. The Bertz CT molecular complexity index is 628. The molecule has 3 amide bonds. The van der Waals surface area contributed by atoms with Crippen LogP contribution in [0.2, 0.25) is 0 Å². The van der Waals surface area contributed by atoms with Crippen molar-refractivity contribution in [3.63, 3.8) is 0 Å². The number of hydrogen-bond donors (Lipinski definition) is 2. The molecule has 1 aromatic rings. The van der Waals surface area contributed by atoms with Crippen molar-refractivity contribution in [1.82, 2.24) is 20.0 Å². The smallest absolute Gasteiger partial charge is 0.321 e. The number of piperazine rings is 1. The molecule has 2 fully saturated rings. The van der Waals surface area contributed by atoms with Crippen molar-refractivity contribution in [1.29, 1.82) is 0 Å². The number of carbonyl (C=O) groups excluding carboxylic acids is 2. The summed E-state index contributed by atoms with van der Waals surface area (Å²) in [4.78, 5) is 30.5. The van der Waals surface area contributed by atoms with Gasteiger partial charge in [0.05, 0.1) is 0 Å². The lowest BCUT2D eigenvalue weighted by molar-refractivity contribution is 0.0773. The number of nitrogens with one attached hydrogen (secondary N) is 2. The summed E-state index contributed by atoms with van der Waals surface area (Å²) in [6.45, 7) is 5.74. The van der Waals surface area contributed by atoms with Gasteiger partial charge in [0.15, 0.2) is 0 Å². The van der Waals surface area contributed by atoms with E-state index < -0.39 is 0 Å². The highest BCUT2D eigenvalue weighted by Crippen LogP contribution is 2.20. The predicted octanol–water partition coefficient (Wildman–Crippen LogP) is 0.900. The number of benzene rings is 1. The minimum atomic E-state index is -0.204. The molecule has 7 heteroatoms. The lowest BCUT2D eigenvalue weighted by atomic mass is 10.1. The third-order valence-electron chi connectivity index (χ3n) is 4.89. The second-order valence-electron chi connectivity index (χ2n) is 6.89. The van der Waals surface area contributed by atoms with Crippen LogP contribution >= 0.6 is 0 Å². The van der Waals surface area contributed by atoms with Gasteiger partial charge in [-0.15, -0.1) is 0 Å². The maximum atomic E-state index is 12.8. The van der Waals surface area contributed by atoms with Crippen molar-refractivity contribution in [2.45, 2.75) is 12.5 Å². The fraction of sp³-hybridized carbons (Fsp3) is 0.556. The first-order valence-corrected chi connectivity index (χ1v) is 8.87. The topological polar surface area (TPSA) is 67.9 Å². The molecule has 1 unspecified atom stereocenters. The standard InChI is InChI=1S/C18H27N5O2/c1-21(2)18(25)20-15-5-3-4-14(12-15)17(24)23-9-6-16(13-23)22-10-7-19-8-11-22/h3-5,12,16,19H,6-11,13H2,1-2H3,(H,20,25). The van der Waals surface area contributed by atoms with Crippen LogP contribution in [0.1, 0.15) is 16.8 Å². The molecule has 2 N–H and O–H groups in total. The molecule has 0 aromatic heterocycles. The number of amides is 3. The summed E-state index contributed by atoms with van der Waals surface area (Å²) >= 11 is 0. The van der Waals surface area contributed by atoms with Crippen LogP contribution in [0.3, 0.4) is 0 Å². The van der Waals surface area contributed by atoms with Crippen LogP contribution < -0.4 is 10.6 Å². The molecule has 2 aliphatic heterocycles. The third-order valence-corrected chi connectivity index (χ3v) is 4.89. The summed E-state index contributed by atoms with van der Waals surface area (Å²) < 4.78 is 0. The van der Waals surface area contributed by atoms with E-state index >= 15 is 0 Å². The van der Waals surface area contributed by atoms with Gasteiger partial charge < -0.3 is 20.4 Å². The van der Waals surface area contributed by atoms with Gasteiger partial charge in [-0.25, -0.2) is 4.79 Å². The van der Waals surface area contributed by atoms with Crippen LogP contribution in [0.4, 0.5) is 10.5 Å². The number of rotatable bonds is 3. The van der Waals surface area contributed by atoms with Gasteiger partial charge in [-0.2, -0.15) is 0 Å². The molecule has 25 heavy (non-hydrogen) atoms. The number of likely N-dealkylation sites (tertiary alicyclic amines) is 1. The minimum absolute atomic E-state index is 0.0404. The zero-order valence-corrected chi connectivity index (χ0v) is 15.0. The average Bonchev–Trinajstić information content (AvgIpc) is 3.12. The molecule has 2 heterocycles. The normalized spacial score (nSPS) is 21.2. The molecule has 7 nitrogen and oxygen atoms in total. The number of urea groups is 1.